The third-order valence-corrected chi connectivity index (χ3v) is 4.93. The molecule has 0 bridgehead atoms. The van der Waals surface area contributed by atoms with Crippen molar-refractivity contribution in [2.45, 2.75) is 0 Å². The van der Waals surface area contributed by atoms with Crippen molar-refractivity contribution < 1.29 is 9.53 Å². The molecule has 134 valence electrons. The molecular formula is C21H17N3O2S. The second kappa shape index (κ2) is 7.55. The van der Waals surface area contributed by atoms with Crippen molar-refractivity contribution in [1.82, 2.24) is 9.88 Å². The van der Waals surface area contributed by atoms with Crippen molar-refractivity contribution in [3.8, 4) is 11.4 Å². The Morgan fingerprint density at radius 1 is 1.07 bits per heavy atom. The van der Waals surface area contributed by atoms with Crippen LogP contribution in [0.2, 0.25) is 0 Å². The van der Waals surface area contributed by atoms with E-state index in [2.05, 4.69) is 10.3 Å². The number of rotatable bonds is 4. The fraction of sp³-hybridized carbons (Fsp3) is 0.0476. The number of hydrogen-bond acceptors (Lipinski definition) is 4. The highest BCUT2D eigenvalue weighted by molar-refractivity contribution is 8.18. The number of thioether (sulfide) groups is 1. The molecule has 0 atom stereocenters. The maximum atomic E-state index is 12.2. The molecule has 0 unspecified atom stereocenters. The van der Waals surface area contributed by atoms with Crippen molar-refractivity contribution in [2.75, 3.05) is 7.11 Å². The van der Waals surface area contributed by atoms with Gasteiger partial charge in [0.1, 0.15) is 5.75 Å². The number of benzene rings is 2. The van der Waals surface area contributed by atoms with E-state index < -0.39 is 0 Å². The van der Waals surface area contributed by atoms with Gasteiger partial charge < -0.3 is 14.6 Å². The summed E-state index contributed by atoms with van der Waals surface area (Å²) < 4.78 is 7.16. The molecule has 6 heteroatoms. The monoisotopic (exact) mass is 375 g/mol. The van der Waals surface area contributed by atoms with Gasteiger partial charge in [-0.2, -0.15) is 0 Å². The lowest BCUT2D eigenvalue weighted by atomic mass is 10.3. The molecule has 5 nitrogen and oxygen atoms in total. The zero-order valence-corrected chi connectivity index (χ0v) is 15.4. The van der Waals surface area contributed by atoms with Gasteiger partial charge in [0, 0.05) is 18.1 Å². The van der Waals surface area contributed by atoms with Crippen LogP contribution in [0.25, 0.3) is 11.8 Å². The van der Waals surface area contributed by atoms with Gasteiger partial charge in [-0.3, -0.25) is 4.79 Å². The molecule has 4 rings (SSSR count). The number of methoxy groups -OCH3 is 1. The molecule has 0 saturated carbocycles. The third kappa shape index (κ3) is 3.96. The molecule has 1 fully saturated rings. The number of nitrogens with one attached hydrogen (secondary N) is 1. The lowest BCUT2D eigenvalue weighted by molar-refractivity contribution is -0.115. The van der Waals surface area contributed by atoms with Crippen molar-refractivity contribution in [1.29, 1.82) is 0 Å². The van der Waals surface area contributed by atoms with Crippen LogP contribution in [0, 0.1) is 0 Å². The Hall–Kier alpha value is -3.25. The Kier molecular flexibility index (Phi) is 4.80. The van der Waals surface area contributed by atoms with Crippen LogP contribution >= 0.6 is 11.8 Å². The van der Waals surface area contributed by atoms with Crippen molar-refractivity contribution in [2.24, 2.45) is 4.99 Å². The van der Waals surface area contributed by atoms with Crippen LogP contribution in [0.3, 0.4) is 0 Å². The van der Waals surface area contributed by atoms with Gasteiger partial charge in [-0.25, -0.2) is 4.99 Å². The van der Waals surface area contributed by atoms with Crippen molar-refractivity contribution in [3.63, 3.8) is 0 Å². The Balaban J connectivity index is 1.52. The van der Waals surface area contributed by atoms with Crippen LogP contribution in [0.15, 0.2) is 83.0 Å². The van der Waals surface area contributed by atoms with E-state index >= 15 is 0 Å². The number of carbonyl (C=O) groups is 1. The van der Waals surface area contributed by atoms with Crippen molar-refractivity contribution in [3.05, 3.63) is 83.5 Å². The van der Waals surface area contributed by atoms with E-state index in [0.717, 1.165) is 22.7 Å². The van der Waals surface area contributed by atoms with E-state index in [0.29, 0.717) is 10.1 Å². The van der Waals surface area contributed by atoms with Crippen LogP contribution in [0.5, 0.6) is 5.75 Å². The zero-order chi connectivity index (χ0) is 18.6. The second-order valence-corrected chi connectivity index (χ2v) is 6.90. The van der Waals surface area contributed by atoms with Crippen LogP contribution in [-0.2, 0) is 4.79 Å². The standard InChI is InChI=1S/C21H17N3O2S/c1-26-18-9-7-16(8-10-18)22-21-23-20(25)19(27-21)13-15-11-12-24(14-15)17-5-3-2-4-6-17/h2-14H,1H3,(H,22,23,25)/b19-13+. The molecule has 1 saturated heterocycles. The molecule has 0 spiro atoms. The predicted molar refractivity (Wildman–Crippen MR) is 110 cm³/mol. The molecule has 1 aliphatic heterocycles. The number of aromatic nitrogens is 1. The highest BCUT2D eigenvalue weighted by atomic mass is 32.2. The molecule has 1 aliphatic rings. The number of amidine groups is 1. The van der Waals surface area contributed by atoms with Crippen molar-refractivity contribution >= 4 is 34.6 Å². The van der Waals surface area contributed by atoms with Gasteiger partial charge >= 0.3 is 0 Å². The summed E-state index contributed by atoms with van der Waals surface area (Å²) in [6.07, 6.45) is 5.84. The van der Waals surface area contributed by atoms with E-state index in [4.69, 9.17) is 4.74 Å². The molecule has 27 heavy (non-hydrogen) atoms. The van der Waals surface area contributed by atoms with Gasteiger partial charge in [-0.15, -0.1) is 0 Å². The summed E-state index contributed by atoms with van der Waals surface area (Å²) in [5, 5.41) is 3.38. The summed E-state index contributed by atoms with van der Waals surface area (Å²) in [4.78, 5) is 17.3. The minimum absolute atomic E-state index is 0.139. The highest BCUT2D eigenvalue weighted by Crippen LogP contribution is 2.28. The SMILES string of the molecule is COc1ccc(N=C2NC(=O)/C(=C\c3ccn(-c4ccccc4)c3)S2)cc1. The molecule has 0 aliphatic carbocycles. The summed E-state index contributed by atoms with van der Waals surface area (Å²) in [5.41, 5.74) is 2.80. The first-order chi connectivity index (χ1) is 13.2. The quantitative estimate of drug-likeness (QED) is 0.689. The van der Waals surface area contributed by atoms with Gasteiger partial charge in [-0.05, 0) is 65.9 Å². The summed E-state index contributed by atoms with van der Waals surface area (Å²) in [6.45, 7) is 0. The summed E-state index contributed by atoms with van der Waals surface area (Å²) in [7, 11) is 1.62. The highest BCUT2D eigenvalue weighted by Gasteiger charge is 2.23. The average molecular weight is 375 g/mol. The van der Waals surface area contributed by atoms with E-state index in [-0.39, 0.29) is 5.91 Å². The number of aliphatic imine (C=N–C) groups is 1. The average Bonchev–Trinajstić information content (AvgIpc) is 3.30. The minimum Gasteiger partial charge on any atom is -0.497 e. The maximum Gasteiger partial charge on any atom is 0.264 e. The number of para-hydroxylation sites is 1. The Morgan fingerprint density at radius 2 is 1.85 bits per heavy atom. The van der Waals surface area contributed by atoms with Gasteiger partial charge in [0.2, 0.25) is 0 Å². The first-order valence-corrected chi connectivity index (χ1v) is 9.20. The Bertz CT molecular complexity index is 1020. The maximum absolute atomic E-state index is 12.2. The first-order valence-electron chi connectivity index (χ1n) is 8.38. The molecule has 0 radical (unpaired) electrons. The van der Waals surface area contributed by atoms with E-state index in [9.17, 15) is 4.79 Å². The fourth-order valence-electron chi connectivity index (χ4n) is 2.67. The topological polar surface area (TPSA) is 55.6 Å². The zero-order valence-electron chi connectivity index (χ0n) is 14.6. The first kappa shape index (κ1) is 17.2. The number of amides is 1. The van der Waals surface area contributed by atoms with Gasteiger partial charge in [0.25, 0.3) is 5.91 Å². The summed E-state index contributed by atoms with van der Waals surface area (Å²) >= 11 is 1.33. The van der Waals surface area contributed by atoms with Crippen LogP contribution in [-0.4, -0.2) is 22.8 Å². The van der Waals surface area contributed by atoms with E-state index in [1.807, 2.05) is 83.7 Å². The smallest absolute Gasteiger partial charge is 0.264 e. The number of carbonyl (C=O) groups excluding carboxylic acids is 1. The Morgan fingerprint density at radius 3 is 2.59 bits per heavy atom. The summed E-state index contributed by atoms with van der Waals surface area (Å²) in [5.74, 6) is 0.630. The normalized spacial score (nSPS) is 16.7. The van der Waals surface area contributed by atoms with Gasteiger partial charge in [0.05, 0.1) is 17.7 Å². The number of ether oxygens (including phenoxy) is 1. The van der Waals surface area contributed by atoms with Crippen LogP contribution in [0.1, 0.15) is 5.56 Å². The van der Waals surface area contributed by atoms with Crippen LogP contribution in [0.4, 0.5) is 5.69 Å². The fourth-order valence-corrected chi connectivity index (χ4v) is 3.51. The van der Waals surface area contributed by atoms with E-state index in [1.165, 1.54) is 11.8 Å². The Labute approximate surface area is 161 Å². The molecule has 2 heterocycles. The molecule has 1 amide bonds. The largest absolute Gasteiger partial charge is 0.497 e. The minimum atomic E-state index is -0.139. The van der Waals surface area contributed by atoms with Crippen LogP contribution < -0.4 is 10.1 Å². The summed E-state index contributed by atoms with van der Waals surface area (Å²) in [6, 6.07) is 19.4. The number of nitrogens with zero attached hydrogens (tertiary/aromatic N) is 2. The van der Waals surface area contributed by atoms with E-state index in [1.54, 1.807) is 7.11 Å². The number of hydrogen-bond donors (Lipinski definition) is 1. The lowest BCUT2D eigenvalue weighted by Crippen LogP contribution is -2.19. The predicted octanol–water partition coefficient (Wildman–Crippen LogP) is 4.38. The lowest BCUT2D eigenvalue weighted by Gasteiger charge is -2.00. The molecule has 3 aromatic rings. The molecule has 1 aromatic heterocycles. The molecule has 2 aromatic carbocycles. The second-order valence-electron chi connectivity index (χ2n) is 5.87. The molecule has 1 N–H and O–H groups in total. The molecular weight excluding hydrogens is 358 g/mol. The van der Waals surface area contributed by atoms with Gasteiger partial charge in [-0.1, -0.05) is 18.2 Å². The van der Waals surface area contributed by atoms with Gasteiger partial charge in [0.15, 0.2) is 5.17 Å². The third-order valence-electron chi connectivity index (χ3n) is 4.02.